The average molecular weight is 277 g/mol. The predicted molar refractivity (Wildman–Crippen MR) is 81.5 cm³/mol. The standard InChI is InChI=1S/C15H23N3S/c1-12(11-18-9-5-8-17-18)16-10-13-6-7-14(19-13)15(2,3)4/h5-9,12,16H,10-11H2,1-4H3. The third-order valence-electron chi connectivity index (χ3n) is 3.05. The summed E-state index contributed by atoms with van der Waals surface area (Å²) in [5.41, 5.74) is 0.254. The monoisotopic (exact) mass is 277 g/mol. The minimum Gasteiger partial charge on any atom is -0.308 e. The molecule has 0 saturated heterocycles. The summed E-state index contributed by atoms with van der Waals surface area (Å²) in [6.45, 7) is 10.8. The first-order valence-electron chi connectivity index (χ1n) is 6.75. The second kappa shape index (κ2) is 5.88. The molecule has 0 aliphatic rings. The summed E-state index contributed by atoms with van der Waals surface area (Å²) in [6, 6.07) is 6.86. The van der Waals surface area contributed by atoms with Crippen molar-refractivity contribution in [3.63, 3.8) is 0 Å². The summed E-state index contributed by atoms with van der Waals surface area (Å²) in [6.07, 6.45) is 3.82. The topological polar surface area (TPSA) is 29.9 Å². The number of nitrogens with one attached hydrogen (secondary N) is 1. The van der Waals surface area contributed by atoms with Crippen LogP contribution in [0, 0.1) is 0 Å². The Labute approximate surface area is 119 Å². The minimum atomic E-state index is 0.254. The number of aromatic nitrogens is 2. The lowest BCUT2D eigenvalue weighted by Crippen LogP contribution is -2.29. The molecule has 19 heavy (non-hydrogen) atoms. The average Bonchev–Trinajstić information content (AvgIpc) is 2.95. The fraction of sp³-hybridized carbons (Fsp3) is 0.533. The number of nitrogens with zero attached hydrogens (tertiary/aromatic N) is 2. The predicted octanol–water partition coefficient (Wildman–Crippen LogP) is 3.42. The molecule has 0 bridgehead atoms. The van der Waals surface area contributed by atoms with Crippen molar-refractivity contribution in [1.29, 1.82) is 0 Å². The van der Waals surface area contributed by atoms with Crippen LogP contribution in [0.3, 0.4) is 0 Å². The van der Waals surface area contributed by atoms with E-state index in [0.717, 1.165) is 13.1 Å². The van der Waals surface area contributed by atoms with Crippen molar-refractivity contribution in [3.8, 4) is 0 Å². The van der Waals surface area contributed by atoms with E-state index in [0.29, 0.717) is 6.04 Å². The van der Waals surface area contributed by atoms with Crippen molar-refractivity contribution in [2.75, 3.05) is 0 Å². The molecule has 1 atom stereocenters. The van der Waals surface area contributed by atoms with E-state index in [1.54, 1.807) is 0 Å². The Bertz CT molecular complexity index is 494. The van der Waals surface area contributed by atoms with Crippen LogP contribution in [0.4, 0.5) is 0 Å². The zero-order valence-electron chi connectivity index (χ0n) is 12.2. The molecule has 0 fully saturated rings. The maximum atomic E-state index is 4.23. The molecule has 4 heteroatoms. The summed E-state index contributed by atoms with van der Waals surface area (Å²) in [5, 5.41) is 7.78. The minimum absolute atomic E-state index is 0.254. The first-order chi connectivity index (χ1) is 8.95. The van der Waals surface area contributed by atoms with Crippen molar-refractivity contribution in [1.82, 2.24) is 15.1 Å². The number of hydrogen-bond donors (Lipinski definition) is 1. The molecule has 0 spiro atoms. The zero-order chi connectivity index (χ0) is 13.9. The molecule has 2 aromatic rings. The first kappa shape index (κ1) is 14.3. The molecule has 0 aliphatic heterocycles. The van der Waals surface area contributed by atoms with Gasteiger partial charge in [-0.15, -0.1) is 11.3 Å². The number of thiophene rings is 1. The molecule has 104 valence electrons. The van der Waals surface area contributed by atoms with E-state index in [4.69, 9.17) is 0 Å². The smallest absolute Gasteiger partial charge is 0.0560 e. The molecule has 3 nitrogen and oxygen atoms in total. The van der Waals surface area contributed by atoms with E-state index in [1.807, 2.05) is 34.5 Å². The van der Waals surface area contributed by atoms with E-state index in [2.05, 4.69) is 50.2 Å². The van der Waals surface area contributed by atoms with Crippen molar-refractivity contribution >= 4 is 11.3 Å². The van der Waals surface area contributed by atoms with Gasteiger partial charge in [0.05, 0.1) is 6.54 Å². The van der Waals surface area contributed by atoms with E-state index in [9.17, 15) is 0 Å². The van der Waals surface area contributed by atoms with Gasteiger partial charge in [-0.05, 0) is 30.5 Å². The van der Waals surface area contributed by atoms with Gasteiger partial charge >= 0.3 is 0 Å². The molecule has 0 aromatic carbocycles. The Kier molecular flexibility index (Phi) is 4.42. The Morgan fingerprint density at radius 2 is 2.16 bits per heavy atom. The molecule has 1 unspecified atom stereocenters. The van der Waals surface area contributed by atoms with Crippen LogP contribution in [0.15, 0.2) is 30.6 Å². The van der Waals surface area contributed by atoms with Gasteiger partial charge in [-0.25, -0.2) is 0 Å². The van der Waals surface area contributed by atoms with E-state index in [1.165, 1.54) is 9.75 Å². The third kappa shape index (κ3) is 4.18. The van der Waals surface area contributed by atoms with E-state index >= 15 is 0 Å². The third-order valence-corrected chi connectivity index (χ3v) is 4.56. The van der Waals surface area contributed by atoms with Crippen molar-refractivity contribution in [3.05, 3.63) is 40.3 Å². The molecule has 1 N–H and O–H groups in total. The van der Waals surface area contributed by atoms with Gasteiger partial charge in [-0.3, -0.25) is 4.68 Å². The Hall–Kier alpha value is -1.13. The molecule has 0 radical (unpaired) electrons. The SMILES string of the molecule is CC(Cn1cccn1)NCc1ccc(C(C)(C)C)s1. The highest BCUT2D eigenvalue weighted by Crippen LogP contribution is 2.29. The largest absolute Gasteiger partial charge is 0.308 e. The Morgan fingerprint density at radius 1 is 1.37 bits per heavy atom. The summed E-state index contributed by atoms with van der Waals surface area (Å²) < 4.78 is 1.96. The van der Waals surface area contributed by atoms with Gasteiger partial charge in [0.2, 0.25) is 0 Å². The van der Waals surface area contributed by atoms with Crippen LogP contribution in [-0.4, -0.2) is 15.8 Å². The van der Waals surface area contributed by atoms with Crippen molar-refractivity contribution in [2.45, 2.75) is 52.2 Å². The molecule has 0 aliphatic carbocycles. The molecule has 2 heterocycles. The lowest BCUT2D eigenvalue weighted by atomic mass is 9.95. The molecule has 2 rings (SSSR count). The summed E-state index contributed by atoms with van der Waals surface area (Å²) in [4.78, 5) is 2.85. The summed E-state index contributed by atoms with van der Waals surface area (Å²) in [7, 11) is 0. The van der Waals surface area contributed by atoms with Gasteiger partial charge in [0.1, 0.15) is 0 Å². The molecular formula is C15H23N3S. The second-order valence-electron chi connectivity index (χ2n) is 6.03. The van der Waals surface area contributed by atoms with Crippen molar-refractivity contribution in [2.24, 2.45) is 0 Å². The molecule has 0 saturated carbocycles. The highest BCUT2D eigenvalue weighted by Gasteiger charge is 2.16. The molecule has 0 amide bonds. The lowest BCUT2D eigenvalue weighted by molar-refractivity contribution is 0.452. The molecule has 2 aromatic heterocycles. The van der Waals surface area contributed by atoms with Crippen LogP contribution < -0.4 is 5.32 Å². The maximum Gasteiger partial charge on any atom is 0.0560 e. The van der Waals surface area contributed by atoms with Crippen molar-refractivity contribution < 1.29 is 0 Å². The highest BCUT2D eigenvalue weighted by atomic mass is 32.1. The normalized spacial score (nSPS) is 13.7. The fourth-order valence-corrected chi connectivity index (χ4v) is 2.92. The van der Waals surface area contributed by atoms with Crippen LogP contribution in [0.25, 0.3) is 0 Å². The number of hydrogen-bond acceptors (Lipinski definition) is 3. The van der Waals surface area contributed by atoms with Crippen LogP contribution in [0.2, 0.25) is 0 Å². The zero-order valence-corrected chi connectivity index (χ0v) is 13.0. The van der Waals surface area contributed by atoms with Gasteiger partial charge in [-0.2, -0.15) is 5.10 Å². The first-order valence-corrected chi connectivity index (χ1v) is 7.57. The van der Waals surface area contributed by atoms with E-state index < -0.39 is 0 Å². The Morgan fingerprint density at radius 3 is 2.74 bits per heavy atom. The van der Waals surface area contributed by atoms with Gasteiger partial charge in [0.25, 0.3) is 0 Å². The van der Waals surface area contributed by atoms with E-state index in [-0.39, 0.29) is 5.41 Å². The fourth-order valence-electron chi connectivity index (χ4n) is 1.90. The summed E-state index contributed by atoms with van der Waals surface area (Å²) in [5.74, 6) is 0. The van der Waals surface area contributed by atoms with Crippen LogP contribution in [-0.2, 0) is 18.5 Å². The van der Waals surface area contributed by atoms with Crippen LogP contribution in [0.5, 0.6) is 0 Å². The quantitative estimate of drug-likeness (QED) is 0.907. The van der Waals surface area contributed by atoms with Gasteiger partial charge < -0.3 is 5.32 Å². The maximum absolute atomic E-state index is 4.23. The summed E-state index contributed by atoms with van der Waals surface area (Å²) >= 11 is 1.90. The second-order valence-corrected chi connectivity index (χ2v) is 7.19. The Balaban J connectivity index is 1.83. The van der Waals surface area contributed by atoms with Gasteiger partial charge in [-0.1, -0.05) is 20.8 Å². The lowest BCUT2D eigenvalue weighted by Gasteiger charge is -2.15. The highest BCUT2D eigenvalue weighted by molar-refractivity contribution is 7.12. The van der Waals surface area contributed by atoms with Crippen LogP contribution >= 0.6 is 11.3 Å². The van der Waals surface area contributed by atoms with Crippen LogP contribution in [0.1, 0.15) is 37.4 Å². The molecular weight excluding hydrogens is 254 g/mol. The number of rotatable bonds is 5. The van der Waals surface area contributed by atoms with Gasteiger partial charge in [0, 0.05) is 34.7 Å². The van der Waals surface area contributed by atoms with Gasteiger partial charge in [0.15, 0.2) is 0 Å².